The Labute approximate surface area is 130 Å². The summed E-state index contributed by atoms with van der Waals surface area (Å²) in [7, 11) is 1.75. The van der Waals surface area contributed by atoms with Crippen molar-refractivity contribution in [1.82, 2.24) is 9.88 Å². The second-order valence-electron chi connectivity index (χ2n) is 4.95. The second-order valence-corrected chi connectivity index (χ2v) is 4.95. The van der Waals surface area contributed by atoms with Crippen LogP contribution in [0.1, 0.15) is 5.69 Å². The van der Waals surface area contributed by atoms with Gasteiger partial charge in [0.15, 0.2) is 0 Å². The number of para-hydroxylation sites is 1. The molecule has 1 aromatic heterocycles. The van der Waals surface area contributed by atoms with Gasteiger partial charge in [-0.2, -0.15) is 0 Å². The molecule has 0 unspecified atom stereocenters. The van der Waals surface area contributed by atoms with E-state index in [2.05, 4.69) is 5.32 Å². The monoisotopic (exact) mass is 313 g/mol. The molecule has 0 saturated carbocycles. The Morgan fingerprint density at radius 1 is 1.09 bits per heavy atom. The molecule has 1 aliphatic heterocycles. The van der Waals surface area contributed by atoms with Crippen molar-refractivity contribution in [3.05, 3.63) is 59.7 Å². The predicted molar refractivity (Wildman–Crippen MR) is 80.8 cm³/mol. The number of urea groups is 1. The highest BCUT2D eigenvalue weighted by Crippen LogP contribution is 2.24. The predicted octanol–water partition coefficient (Wildman–Crippen LogP) is 1.83. The summed E-state index contributed by atoms with van der Waals surface area (Å²) in [6.07, 6.45) is 3.11. The van der Waals surface area contributed by atoms with Gasteiger partial charge < -0.3 is 4.57 Å². The van der Waals surface area contributed by atoms with E-state index < -0.39 is 23.7 Å². The van der Waals surface area contributed by atoms with Crippen LogP contribution in [0.3, 0.4) is 0 Å². The van der Waals surface area contributed by atoms with E-state index in [-0.39, 0.29) is 11.3 Å². The van der Waals surface area contributed by atoms with Gasteiger partial charge in [-0.3, -0.25) is 14.9 Å². The molecule has 1 fully saturated rings. The van der Waals surface area contributed by atoms with Crippen molar-refractivity contribution in [3.8, 4) is 0 Å². The number of nitrogens with zero attached hydrogens (tertiary/aromatic N) is 2. The number of amides is 4. The summed E-state index contributed by atoms with van der Waals surface area (Å²) >= 11 is 0. The molecule has 2 heterocycles. The van der Waals surface area contributed by atoms with E-state index in [1.54, 1.807) is 29.9 Å². The van der Waals surface area contributed by atoms with E-state index in [1.165, 1.54) is 24.3 Å². The molecular weight excluding hydrogens is 301 g/mol. The summed E-state index contributed by atoms with van der Waals surface area (Å²) in [5.41, 5.74) is 0.154. The van der Waals surface area contributed by atoms with Gasteiger partial charge >= 0.3 is 6.03 Å². The van der Waals surface area contributed by atoms with Gasteiger partial charge in [0.25, 0.3) is 11.8 Å². The molecule has 0 atom stereocenters. The molecule has 3 rings (SSSR count). The number of hydrogen-bond donors (Lipinski definition) is 1. The number of hydrogen-bond acceptors (Lipinski definition) is 3. The number of aromatic nitrogens is 1. The van der Waals surface area contributed by atoms with Crippen molar-refractivity contribution in [2.45, 2.75) is 0 Å². The zero-order valence-electron chi connectivity index (χ0n) is 12.1. The number of aryl methyl sites for hydroxylation is 1. The maximum absolute atomic E-state index is 13.9. The quantitative estimate of drug-likeness (QED) is 0.679. The fourth-order valence-electron chi connectivity index (χ4n) is 2.28. The summed E-state index contributed by atoms with van der Waals surface area (Å²) in [5, 5.41) is 2.05. The van der Waals surface area contributed by atoms with Crippen LogP contribution >= 0.6 is 0 Å². The van der Waals surface area contributed by atoms with Crippen molar-refractivity contribution in [2.24, 2.45) is 7.05 Å². The third-order valence-electron chi connectivity index (χ3n) is 3.47. The van der Waals surface area contributed by atoms with E-state index in [9.17, 15) is 18.8 Å². The third kappa shape index (κ3) is 2.52. The molecule has 6 nitrogen and oxygen atoms in total. The molecule has 7 heteroatoms. The molecule has 0 spiro atoms. The van der Waals surface area contributed by atoms with Crippen molar-refractivity contribution in [1.29, 1.82) is 0 Å². The van der Waals surface area contributed by atoms with Gasteiger partial charge in [0, 0.05) is 18.9 Å². The Kier molecular flexibility index (Phi) is 3.53. The molecule has 0 aliphatic carbocycles. The van der Waals surface area contributed by atoms with Crippen LogP contribution in [0.2, 0.25) is 0 Å². The maximum Gasteiger partial charge on any atom is 0.336 e. The topological polar surface area (TPSA) is 71.4 Å². The summed E-state index contributed by atoms with van der Waals surface area (Å²) in [4.78, 5) is 37.1. The largest absolute Gasteiger partial charge is 0.351 e. The molecule has 1 aromatic carbocycles. The number of anilines is 1. The van der Waals surface area contributed by atoms with Crippen LogP contribution in [-0.4, -0.2) is 22.4 Å². The van der Waals surface area contributed by atoms with Gasteiger partial charge in [0.1, 0.15) is 11.4 Å². The van der Waals surface area contributed by atoms with E-state index >= 15 is 0 Å². The lowest BCUT2D eigenvalue weighted by molar-refractivity contribution is -0.122. The molecule has 1 aliphatic rings. The van der Waals surface area contributed by atoms with Crippen LogP contribution in [0.4, 0.5) is 14.9 Å². The first-order valence-electron chi connectivity index (χ1n) is 6.76. The fourth-order valence-corrected chi connectivity index (χ4v) is 2.28. The smallest absolute Gasteiger partial charge is 0.336 e. The minimum absolute atomic E-state index is 0.208. The van der Waals surface area contributed by atoms with Crippen LogP contribution in [-0.2, 0) is 16.6 Å². The van der Waals surface area contributed by atoms with E-state index in [4.69, 9.17) is 0 Å². The number of halogens is 1. The van der Waals surface area contributed by atoms with E-state index in [0.717, 1.165) is 6.07 Å². The zero-order chi connectivity index (χ0) is 16.6. The SMILES string of the molecule is Cn1cccc1C=C1C(=O)NC(=O)N(c2ccccc2F)C1=O. The van der Waals surface area contributed by atoms with Gasteiger partial charge in [-0.1, -0.05) is 12.1 Å². The zero-order valence-corrected chi connectivity index (χ0v) is 12.1. The van der Waals surface area contributed by atoms with Crippen LogP contribution in [0.5, 0.6) is 0 Å². The Balaban J connectivity index is 2.07. The first kappa shape index (κ1) is 14.7. The standard InChI is InChI=1S/C16H12FN3O3/c1-19-8-4-5-10(19)9-11-14(21)18-16(23)20(15(11)22)13-7-3-2-6-12(13)17/h2-9H,1H3,(H,18,21,23). The number of carbonyl (C=O) groups excluding carboxylic acids is 3. The molecule has 116 valence electrons. The number of benzene rings is 1. The highest BCUT2D eigenvalue weighted by molar-refractivity contribution is 6.39. The number of barbiturate groups is 1. The number of rotatable bonds is 2. The molecule has 0 bridgehead atoms. The van der Waals surface area contributed by atoms with E-state index in [1.807, 2.05) is 0 Å². The summed E-state index contributed by atoms with van der Waals surface area (Å²) in [6, 6.07) is 7.84. The van der Waals surface area contributed by atoms with E-state index in [0.29, 0.717) is 10.6 Å². The molecule has 2 aromatic rings. The summed E-state index contributed by atoms with van der Waals surface area (Å²) in [5.74, 6) is -2.41. The number of nitrogens with one attached hydrogen (secondary N) is 1. The van der Waals surface area contributed by atoms with Crippen molar-refractivity contribution in [2.75, 3.05) is 4.90 Å². The Morgan fingerprint density at radius 2 is 1.83 bits per heavy atom. The normalized spacial score (nSPS) is 16.9. The number of imide groups is 2. The molecule has 4 amide bonds. The highest BCUT2D eigenvalue weighted by Gasteiger charge is 2.38. The maximum atomic E-state index is 13.9. The van der Waals surface area contributed by atoms with Crippen molar-refractivity contribution < 1.29 is 18.8 Å². The minimum atomic E-state index is -0.978. The first-order chi connectivity index (χ1) is 11.0. The van der Waals surface area contributed by atoms with Gasteiger partial charge in [-0.15, -0.1) is 0 Å². The lowest BCUT2D eigenvalue weighted by Gasteiger charge is -2.26. The average Bonchev–Trinajstić information content (AvgIpc) is 2.90. The molecule has 1 N–H and O–H groups in total. The molecular formula is C16H12FN3O3. The van der Waals surface area contributed by atoms with Crippen LogP contribution in [0, 0.1) is 5.82 Å². The Hall–Kier alpha value is -3.22. The lowest BCUT2D eigenvalue weighted by atomic mass is 10.1. The van der Waals surface area contributed by atoms with Crippen molar-refractivity contribution in [3.63, 3.8) is 0 Å². The van der Waals surface area contributed by atoms with Gasteiger partial charge in [-0.05, 0) is 30.3 Å². The lowest BCUT2D eigenvalue weighted by Crippen LogP contribution is -2.54. The average molecular weight is 313 g/mol. The van der Waals surface area contributed by atoms with Gasteiger partial charge in [-0.25, -0.2) is 14.1 Å². The van der Waals surface area contributed by atoms with Gasteiger partial charge in [0.05, 0.1) is 5.69 Å². The molecule has 1 saturated heterocycles. The first-order valence-corrected chi connectivity index (χ1v) is 6.76. The second kappa shape index (κ2) is 5.53. The Bertz CT molecular complexity index is 854. The number of carbonyl (C=O) groups is 3. The fraction of sp³-hybridized carbons (Fsp3) is 0.0625. The van der Waals surface area contributed by atoms with Crippen LogP contribution in [0.25, 0.3) is 6.08 Å². The summed E-state index contributed by atoms with van der Waals surface area (Å²) in [6.45, 7) is 0. The van der Waals surface area contributed by atoms with Crippen LogP contribution in [0.15, 0.2) is 48.2 Å². The minimum Gasteiger partial charge on any atom is -0.351 e. The molecule has 23 heavy (non-hydrogen) atoms. The van der Waals surface area contributed by atoms with Crippen molar-refractivity contribution >= 4 is 29.6 Å². The third-order valence-corrected chi connectivity index (χ3v) is 3.47. The van der Waals surface area contributed by atoms with Crippen LogP contribution < -0.4 is 10.2 Å². The molecule has 0 radical (unpaired) electrons. The highest BCUT2D eigenvalue weighted by atomic mass is 19.1. The summed E-state index contributed by atoms with van der Waals surface area (Å²) < 4.78 is 15.6. The Morgan fingerprint density at radius 3 is 2.48 bits per heavy atom. The van der Waals surface area contributed by atoms with Gasteiger partial charge in [0.2, 0.25) is 0 Å².